The van der Waals surface area contributed by atoms with Gasteiger partial charge in [-0.3, -0.25) is 0 Å². The molecular formula is C10H13ClO3. The summed E-state index contributed by atoms with van der Waals surface area (Å²) in [7, 11) is 0. The zero-order valence-electron chi connectivity index (χ0n) is 7.87. The van der Waals surface area contributed by atoms with E-state index in [0.717, 1.165) is 12.8 Å². The normalized spacial score (nSPS) is 29.1. The van der Waals surface area contributed by atoms with Crippen LogP contribution in [0.15, 0.2) is 11.3 Å². The van der Waals surface area contributed by atoms with Crippen molar-refractivity contribution in [3.63, 3.8) is 0 Å². The second kappa shape index (κ2) is 4.22. The van der Waals surface area contributed by atoms with Crippen LogP contribution in [0, 0.1) is 5.92 Å². The molecule has 1 heterocycles. The highest BCUT2D eigenvalue weighted by Crippen LogP contribution is 2.31. The lowest BCUT2D eigenvalue weighted by molar-refractivity contribution is -0.182. The van der Waals surface area contributed by atoms with E-state index in [4.69, 9.17) is 21.1 Å². The molecule has 1 unspecified atom stereocenters. The molecule has 0 aromatic heterocycles. The van der Waals surface area contributed by atoms with Crippen LogP contribution in [0.5, 0.6) is 0 Å². The minimum absolute atomic E-state index is 0.0251. The number of esters is 1. The average Bonchev–Trinajstić information content (AvgIpc) is 2.23. The maximum absolute atomic E-state index is 11.1. The van der Waals surface area contributed by atoms with Crippen molar-refractivity contribution in [3.05, 3.63) is 11.3 Å². The molecule has 14 heavy (non-hydrogen) atoms. The van der Waals surface area contributed by atoms with Gasteiger partial charge >= 0.3 is 5.97 Å². The quantitative estimate of drug-likeness (QED) is 0.632. The molecule has 0 aromatic carbocycles. The van der Waals surface area contributed by atoms with Crippen molar-refractivity contribution in [2.24, 2.45) is 5.92 Å². The number of rotatable bonds is 1. The molecule has 0 aromatic rings. The third-order valence-electron chi connectivity index (χ3n) is 2.76. The van der Waals surface area contributed by atoms with E-state index in [0.29, 0.717) is 5.92 Å². The summed E-state index contributed by atoms with van der Waals surface area (Å²) in [6, 6.07) is 0. The molecule has 2 rings (SSSR count). The number of halogens is 1. The number of hydrogen-bond donors (Lipinski definition) is 0. The molecule has 1 atom stereocenters. The summed E-state index contributed by atoms with van der Waals surface area (Å²) in [4.78, 5) is 11.1. The van der Waals surface area contributed by atoms with Crippen molar-refractivity contribution in [2.45, 2.75) is 38.4 Å². The Morgan fingerprint density at radius 2 is 2.00 bits per heavy atom. The molecule has 0 N–H and O–H groups in total. The summed E-state index contributed by atoms with van der Waals surface area (Å²) < 4.78 is 10.3. The summed E-state index contributed by atoms with van der Waals surface area (Å²) in [5, 5.41) is 0.0251. The molecular weight excluding hydrogens is 204 g/mol. The van der Waals surface area contributed by atoms with Crippen LogP contribution < -0.4 is 0 Å². The van der Waals surface area contributed by atoms with Crippen molar-refractivity contribution in [3.8, 4) is 0 Å². The Morgan fingerprint density at radius 3 is 2.64 bits per heavy atom. The van der Waals surface area contributed by atoms with Crippen molar-refractivity contribution >= 4 is 17.6 Å². The first-order chi connectivity index (χ1) is 6.77. The molecule has 1 saturated carbocycles. The lowest BCUT2D eigenvalue weighted by Crippen LogP contribution is -2.32. The number of hydrogen-bond acceptors (Lipinski definition) is 3. The first-order valence-corrected chi connectivity index (χ1v) is 5.37. The molecule has 2 aliphatic rings. The van der Waals surface area contributed by atoms with E-state index in [1.165, 1.54) is 25.5 Å². The zero-order valence-corrected chi connectivity index (χ0v) is 8.63. The lowest BCUT2D eigenvalue weighted by Gasteiger charge is -2.30. The monoisotopic (exact) mass is 216 g/mol. The largest absolute Gasteiger partial charge is 0.460 e. The van der Waals surface area contributed by atoms with E-state index < -0.39 is 12.3 Å². The van der Waals surface area contributed by atoms with Gasteiger partial charge < -0.3 is 9.47 Å². The molecule has 1 fully saturated rings. The molecule has 0 radical (unpaired) electrons. The molecule has 78 valence electrons. The van der Waals surface area contributed by atoms with Crippen LogP contribution in [0.1, 0.15) is 32.1 Å². The van der Waals surface area contributed by atoms with E-state index in [1.54, 1.807) is 0 Å². The van der Waals surface area contributed by atoms with E-state index in [1.807, 2.05) is 0 Å². The fraction of sp³-hybridized carbons (Fsp3) is 0.700. The van der Waals surface area contributed by atoms with Gasteiger partial charge in [0.2, 0.25) is 6.29 Å². The first-order valence-electron chi connectivity index (χ1n) is 4.99. The fourth-order valence-electron chi connectivity index (χ4n) is 1.98. The smallest absolute Gasteiger partial charge is 0.356 e. The van der Waals surface area contributed by atoms with Crippen molar-refractivity contribution in [1.29, 1.82) is 0 Å². The Bertz CT molecular complexity index is 256. The molecule has 0 bridgehead atoms. The Labute approximate surface area is 88.0 Å². The molecule has 0 amide bonds. The van der Waals surface area contributed by atoms with E-state index in [9.17, 15) is 4.79 Å². The second-order valence-corrected chi connectivity index (χ2v) is 4.18. The Balaban J connectivity index is 1.96. The highest BCUT2D eigenvalue weighted by Gasteiger charge is 2.31. The predicted molar refractivity (Wildman–Crippen MR) is 51.5 cm³/mol. The summed E-state index contributed by atoms with van der Waals surface area (Å²) in [6.07, 6.45) is 6.69. The molecule has 0 saturated heterocycles. The Hall–Kier alpha value is -0.700. The van der Waals surface area contributed by atoms with E-state index >= 15 is 0 Å². The van der Waals surface area contributed by atoms with Gasteiger partial charge in [0.15, 0.2) is 5.03 Å². The molecule has 4 heteroatoms. The minimum Gasteiger partial charge on any atom is -0.460 e. The second-order valence-electron chi connectivity index (χ2n) is 3.77. The lowest BCUT2D eigenvalue weighted by atomic mass is 9.89. The van der Waals surface area contributed by atoms with Crippen LogP contribution in [0.2, 0.25) is 0 Å². The van der Waals surface area contributed by atoms with Crippen LogP contribution >= 0.6 is 11.6 Å². The minimum atomic E-state index is -0.464. The average molecular weight is 217 g/mol. The number of carbonyl (C=O) groups excluding carboxylic acids is 1. The van der Waals surface area contributed by atoms with E-state index in [-0.39, 0.29) is 5.03 Å². The molecule has 1 aliphatic heterocycles. The topological polar surface area (TPSA) is 35.5 Å². The van der Waals surface area contributed by atoms with Gasteiger partial charge in [0, 0.05) is 5.92 Å². The SMILES string of the molecule is O=C1OC(C2CCCCC2)OC=C1Cl. The van der Waals surface area contributed by atoms with Crippen molar-refractivity contribution in [2.75, 3.05) is 0 Å². The van der Waals surface area contributed by atoms with Gasteiger partial charge in [-0.25, -0.2) is 4.79 Å². The van der Waals surface area contributed by atoms with Gasteiger partial charge in [-0.15, -0.1) is 0 Å². The van der Waals surface area contributed by atoms with Gasteiger partial charge in [-0.05, 0) is 12.8 Å². The Kier molecular flexibility index (Phi) is 2.96. The van der Waals surface area contributed by atoms with Crippen molar-refractivity contribution in [1.82, 2.24) is 0 Å². The van der Waals surface area contributed by atoms with Crippen molar-refractivity contribution < 1.29 is 14.3 Å². The standard InChI is InChI=1S/C10H13ClO3/c11-8-6-13-10(14-9(8)12)7-4-2-1-3-5-7/h6-7,10H,1-5H2. The van der Waals surface area contributed by atoms with Gasteiger partial charge in [0.1, 0.15) is 6.26 Å². The number of cyclic esters (lactones) is 1. The summed E-state index contributed by atoms with van der Waals surface area (Å²) in [5.41, 5.74) is 0. The highest BCUT2D eigenvalue weighted by atomic mass is 35.5. The van der Waals surface area contributed by atoms with Gasteiger partial charge in [0.25, 0.3) is 0 Å². The zero-order chi connectivity index (χ0) is 9.97. The molecule has 1 aliphatic carbocycles. The summed E-state index contributed by atoms with van der Waals surface area (Å²) in [6.45, 7) is 0. The van der Waals surface area contributed by atoms with Gasteiger partial charge in [-0.1, -0.05) is 30.9 Å². The maximum Gasteiger partial charge on any atom is 0.356 e. The summed E-state index contributed by atoms with van der Waals surface area (Å²) >= 11 is 5.53. The van der Waals surface area contributed by atoms with Crippen LogP contribution in [-0.4, -0.2) is 12.3 Å². The maximum atomic E-state index is 11.1. The first kappa shape index (κ1) is 9.84. The summed E-state index contributed by atoms with van der Waals surface area (Å²) in [5.74, 6) is -0.123. The molecule has 3 nitrogen and oxygen atoms in total. The van der Waals surface area contributed by atoms with Gasteiger partial charge in [-0.2, -0.15) is 0 Å². The number of carbonyl (C=O) groups is 1. The van der Waals surface area contributed by atoms with Crippen LogP contribution in [0.3, 0.4) is 0 Å². The highest BCUT2D eigenvalue weighted by molar-refractivity contribution is 6.41. The fourth-order valence-corrected chi connectivity index (χ4v) is 2.07. The van der Waals surface area contributed by atoms with E-state index in [2.05, 4.69) is 0 Å². The van der Waals surface area contributed by atoms with Crippen LogP contribution in [-0.2, 0) is 14.3 Å². The van der Waals surface area contributed by atoms with Crippen LogP contribution in [0.4, 0.5) is 0 Å². The third kappa shape index (κ3) is 2.03. The number of ether oxygens (including phenoxy) is 2. The van der Waals surface area contributed by atoms with Crippen LogP contribution in [0.25, 0.3) is 0 Å². The third-order valence-corrected chi connectivity index (χ3v) is 3.00. The van der Waals surface area contributed by atoms with Gasteiger partial charge in [0.05, 0.1) is 0 Å². The Morgan fingerprint density at radius 1 is 1.29 bits per heavy atom. The molecule has 0 spiro atoms. The predicted octanol–water partition coefficient (Wildman–Crippen LogP) is 2.55.